The van der Waals surface area contributed by atoms with Crippen molar-refractivity contribution in [3.63, 3.8) is 0 Å². The Morgan fingerprint density at radius 3 is 1.95 bits per heavy atom. The number of nitrogens with one attached hydrogen (secondary N) is 1. The number of aromatic nitrogens is 3. The molecule has 1 amide bonds. The Hall–Kier alpha value is -0.350. The summed E-state index contributed by atoms with van der Waals surface area (Å²) in [6, 6.07) is 0. The number of nitrogens with zero attached hydrogens (tertiary/aromatic N) is 3. The molecule has 0 radical (unpaired) electrons. The molecule has 40 heavy (non-hydrogen) atoms. The molecule has 2 heterocycles. The molecule has 2 unspecified atom stereocenters. The number of hydrogen-bond donors (Lipinski definition) is 1. The molecule has 2 rings (SSSR count). The zero-order chi connectivity index (χ0) is 30.6. The molecule has 1 aliphatic heterocycles. The average molecular weight is 685 g/mol. The van der Waals surface area contributed by atoms with Crippen molar-refractivity contribution in [2.75, 3.05) is 19.8 Å². The fourth-order valence-corrected chi connectivity index (χ4v) is 3.47. The van der Waals surface area contributed by atoms with Gasteiger partial charge in [0, 0.05) is 18.9 Å². The maximum absolute atomic E-state index is 11.7. The summed E-state index contributed by atoms with van der Waals surface area (Å²) in [7, 11) is 0. The standard InChI is InChI=1S/C17H24Cl6N4O.C9H16O3/c1-3-11(2)13(28)24-10-8-6-4-5-7-9-12-25-14(16(18,19)20)27-15(26-12)17(21,22)23;1-4-9(2,3)8(10)12-6-7-5-11-7/h11H,3-10H2,1-2H3,(H,24,28);7H,4-6H2,1-3H3. The molecule has 1 aromatic rings. The molecule has 1 aromatic heterocycles. The zero-order valence-electron chi connectivity index (χ0n) is 23.7. The molecular formula is C26H40Cl6N4O4. The van der Waals surface area contributed by atoms with Gasteiger partial charge in [-0.2, -0.15) is 0 Å². The SMILES string of the molecule is CCC(C)(C)C(=O)OCC1CO1.CCC(C)C(=O)NCCCCCCCc1nc(C(Cl)(Cl)Cl)nc(C(Cl)(Cl)Cl)n1. The monoisotopic (exact) mass is 682 g/mol. The summed E-state index contributed by atoms with van der Waals surface area (Å²) in [5, 5.41) is 2.95. The quantitative estimate of drug-likeness (QED) is 0.0934. The summed E-state index contributed by atoms with van der Waals surface area (Å²) >= 11 is 35.1. The lowest BCUT2D eigenvalue weighted by molar-refractivity contribution is -0.154. The molecule has 1 N–H and O–H groups in total. The fourth-order valence-electron chi connectivity index (χ4n) is 2.97. The first-order valence-corrected chi connectivity index (χ1v) is 15.7. The molecule has 0 saturated carbocycles. The van der Waals surface area contributed by atoms with Crippen LogP contribution in [0.3, 0.4) is 0 Å². The van der Waals surface area contributed by atoms with E-state index in [0.29, 0.717) is 25.4 Å². The highest BCUT2D eigenvalue weighted by atomic mass is 35.6. The first-order chi connectivity index (χ1) is 18.5. The summed E-state index contributed by atoms with van der Waals surface area (Å²) in [6.07, 6.45) is 7.17. The van der Waals surface area contributed by atoms with Crippen LogP contribution in [0, 0.1) is 11.3 Å². The highest BCUT2D eigenvalue weighted by molar-refractivity contribution is 6.67. The van der Waals surface area contributed by atoms with Gasteiger partial charge in [0.1, 0.15) is 18.5 Å². The van der Waals surface area contributed by atoms with Crippen LogP contribution in [0.15, 0.2) is 0 Å². The predicted molar refractivity (Wildman–Crippen MR) is 162 cm³/mol. The smallest absolute Gasteiger partial charge is 0.311 e. The lowest BCUT2D eigenvalue weighted by Gasteiger charge is -2.19. The first kappa shape index (κ1) is 37.7. The van der Waals surface area contributed by atoms with Gasteiger partial charge in [-0.1, -0.05) is 110 Å². The number of alkyl halides is 6. The number of unbranched alkanes of at least 4 members (excludes halogenated alkanes) is 4. The molecule has 0 bridgehead atoms. The van der Waals surface area contributed by atoms with Gasteiger partial charge in [-0.25, -0.2) is 15.0 Å². The molecule has 1 saturated heterocycles. The normalized spacial score (nSPS) is 16.0. The van der Waals surface area contributed by atoms with Crippen LogP contribution in [0.25, 0.3) is 0 Å². The Kier molecular flexibility index (Phi) is 16.7. The molecule has 14 heteroatoms. The van der Waals surface area contributed by atoms with Crippen molar-refractivity contribution in [1.29, 1.82) is 0 Å². The highest BCUT2D eigenvalue weighted by Crippen LogP contribution is 2.40. The number of halogens is 6. The lowest BCUT2D eigenvalue weighted by atomic mass is 9.91. The Labute approximate surface area is 267 Å². The highest BCUT2D eigenvalue weighted by Gasteiger charge is 2.34. The Balaban J connectivity index is 0.000000552. The Morgan fingerprint density at radius 2 is 1.48 bits per heavy atom. The van der Waals surface area contributed by atoms with Gasteiger partial charge in [-0.3, -0.25) is 9.59 Å². The molecule has 0 aliphatic carbocycles. The third-order valence-corrected chi connectivity index (χ3v) is 7.38. The molecular weight excluding hydrogens is 645 g/mol. The third kappa shape index (κ3) is 15.2. The summed E-state index contributed by atoms with van der Waals surface area (Å²) in [5.41, 5.74) is -0.352. The Morgan fingerprint density at radius 1 is 0.950 bits per heavy atom. The van der Waals surface area contributed by atoms with Crippen LogP contribution in [0.4, 0.5) is 0 Å². The molecule has 0 spiro atoms. The summed E-state index contributed by atoms with van der Waals surface area (Å²) in [6.45, 7) is 11.6. The number of rotatable bonds is 14. The van der Waals surface area contributed by atoms with E-state index in [0.717, 1.165) is 51.6 Å². The van der Waals surface area contributed by atoms with Crippen LogP contribution in [0.1, 0.15) is 97.0 Å². The second-order valence-electron chi connectivity index (χ2n) is 10.3. The van der Waals surface area contributed by atoms with Crippen LogP contribution in [-0.2, 0) is 33.1 Å². The van der Waals surface area contributed by atoms with Crippen LogP contribution < -0.4 is 5.32 Å². The number of aryl methyl sites for hydroxylation is 1. The predicted octanol–water partition coefficient (Wildman–Crippen LogP) is 7.54. The number of carbonyl (C=O) groups excluding carboxylic acids is 2. The van der Waals surface area contributed by atoms with Crippen LogP contribution in [0.2, 0.25) is 0 Å². The van der Waals surface area contributed by atoms with Crippen LogP contribution in [0.5, 0.6) is 0 Å². The summed E-state index contributed by atoms with van der Waals surface area (Å²) in [4.78, 5) is 35.3. The first-order valence-electron chi connectivity index (χ1n) is 13.5. The molecule has 230 valence electrons. The third-order valence-electron chi connectivity index (χ3n) is 6.36. The van der Waals surface area contributed by atoms with Gasteiger partial charge in [-0.15, -0.1) is 0 Å². The van der Waals surface area contributed by atoms with Gasteiger partial charge in [0.2, 0.25) is 13.5 Å². The van der Waals surface area contributed by atoms with Gasteiger partial charge in [0.15, 0.2) is 11.6 Å². The van der Waals surface area contributed by atoms with Crippen molar-refractivity contribution in [3.05, 3.63) is 17.5 Å². The number of epoxide rings is 1. The van der Waals surface area contributed by atoms with E-state index in [2.05, 4.69) is 20.3 Å². The Bertz CT molecular complexity index is 904. The van der Waals surface area contributed by atoms with Crippen molar-refractivity contribution in [2.24, 2.45) is 11.3 Å². The number of esters is 1. The average Bonchev–Trinajstić information content (AvgIpc) is 3.71. The van der Waals surface area contributed by atoms with E-state index in [1.165, 1.54) is 0 Å². The second-order valence-corrected chi connectivity index (χ2v) is 14.9. The van der Waals surface area contributed by atoms with E-state index in [1.54, 1.807) is 0 Å². The maximum atomic E-state index is 11.7. The van der Waals surface area contributed by atoms with Crippen molar-refractivity contribution in [2.45, 2.75) is 99.7 Å². The summed E-state index contributed by atoms with van der Waals surface area (Å²) < 4.78 is 6.32. The van der Waals surface area contributed by atoms with Crippen molar-refractivity contribution in [3.8, 4) is 0 Å². The minimum atomic E-state index is -1.83. The lowest BCUT2D eigenvalue weighted by Crippen LogP contribution is -2.29. The van der Waals surface area contributed by atoms with E-state index < -0.39 is 7.59 Å². The molecule has 8 nitrogen and oxygen atoms in total. The minimum Gasteiger partial charge on any atom is -0.462 e. The van der Waals surface area contributed by atoms with E-state index in [-0.39, 0.29) is 41.0 Å². The van der Waals surface area contributed by atoms with Crippen molar-refractivity contribution in [1.82, 2.24) is 20.3 Å². The zero-order valence-corrected chi connectivity index (χ0v) is 28.2. The molecule has 0 aromatic carbocycles. The largest absolute Gasteiger partial charge is 0.462 e. The topological polar surface area (TPSA) is 107 Å². The van der Waals surface area contributed by atoms with Crippen molar-refractivity contribution < 1.29 is 19.1 Å². The van der Waals surface area contributed by atoms with Gasteiger partial charge in [0.25, 0.3) is 0 Å². The van der Waals surface area contributed by atoms with Gasteiger partial charge in [-0.05, 0) is 39.5 Å². The second kappa shape index (κ2) is 17.7. The van der Waals surface area contributed by atoms with Gasteiger partial charge < -0.3 is 14.8 Å². The van der Waals surface area contributed by atoms with Gasteiger partial charge >= 0.3 is 5.97 Å². The van der Waals surface area contributed by atoms with Crippen LogP contribution >= 0.6 is 69.6 Å². The van der Waals surface area contributed by atoms with E-state index in [9.17, 15) is 9.59 Å². The summed E-state index contributed by atoms with van der Waals surface area (Å²) in [5.74, 6) is 0.336. The molecule has 1 aliphatic rings. The number of amides is 1. The molecule has 1 fully saturated rings. The van der Waals surface area contributed by atoms with Crippen LogP contribution in [-0.4, -0.2) is 52.7 Å². The number of hydrogen-bond acceptors (Lipinski definition) is 7. The van der Waals surface area contributed by atoms with E-state index >= 15 is 0 Å². The fraction of sp³-hybridized carbons (Fsp3) is 0.808. The number of carbonyl (C=O) groups is 2. The number of ether oxygens (including phenoxy) is 2. The van der Waals surface area contributed by atoms with E-state index in [4.69, 9.17) is 79.1 Å². The van der Waals surface area contributed by atoms with E-state index in [1.807, 2.05) is 34.6 Å². The maximum Gasteiger partial charge on any atom is 0.311 e. The molecule has 2 atom stereocenters. The van der Waals surface area contributed by atoms with Crippen molar-refractivity contribution >= 4 is 81.5 Å². The minimum absolute atomic E-state index is 0.0653. The van der Waals surface area contributed by atoms with Gasteiger partial charge in [0.05, 0.1) is 12.0 Å².